The molecular formula is C32H37N3O2S. The molecule has 4 aromatic rings. The van der Waals surface area contributed by atoms with Crippen LogP contribution in [0.1, 0.15) is 50.7 Å². The summed E-state index contributed by atoms with van der Waals surface area (Å²) in [5.74, 6) is 1.45. The van der Waals surface area contributed by atoms with Gasteiger partial charge in [-0.25, -0.2) is 9.78 Å². The Morgan fingerprint density at radius 2 is 1.58 bits per heavy atom. The molecule has 0 atom stereocenters. The predicted octanol–water partition coefficient (Wildman–Crippen LogP) is 8.05. The molecule has 1 fully saturated rings. The first kappa shape index (κ1) is 26.4. The van der Waals surface area contributed by atoms with Crippen molar-refractivity contribution in [2.75, 3.05) is 19.3 Å². The molecule has 3 aromatic carbocycles. The molecule has 1 saturated heterocycles. The van der Waals surface area contributed by atoms with Gasteiger partial charge in [0.1, 0.15) is 11.4 Å². The summed E-state index contributed by atoms with van der Waals surface area (Å²) in [6, 6.07) is 22.1. The summed E-state index contributed by atoms with van der Waals surface area (Å²) >= 11 is 1.75. The van der Waals surface area contributed by atoms with Gasteiger partial charge in [0.15, 0.2) is 0 Å². The van der Waals surface area contributed by atoms with Crippen molar-refractivity contribution in [1.82, 2.24) is 14.5 Å². The molecule has 1 aliphatic heterocycles. The van der Waals surface area contributed by atoms with Crippen molar-refractivity contribution in [3.63, 3.8) is 0 Å². The number of ether oxygens (including phenoxy) is 1. The predicted molar refractivity (Wildman–Crippen MR) is 158 cm³/mol. The molecule has 5 rings (SSSR count). The van der Waals surface area contributed by atoms with Crippen molar-refractivity contribution in [3.8, 4) is 22.5 Å². The zero-order valence-electron chi connectivity index (χ0n) is 23.2. The molecule has 198 valence electrons. The average molecular weight is 528 g/mol. The van der Waals surface area contributed by atoms with E-state index in [0.29, 0.717) is 5.92 Å². The second kappa shape index (κ2) is 10.5. The number of imidazole rings is 1. The van der Waals surface area contributed by atoms with Crippen LogP contribution in [0.4, 0.5) is 4.79 Å². The topological polar surface area (TPSA) is 47.4 Å². The van der Waals surface area contributed by atoms with E-state index < -0.39 is 5.60 Å². The summed E-state index contributed by atoms with van der Waals surface area (Å²) in [5.41, 5.74) is 7.79. The third-order valence-electron chi connectivity index (χ3n) is 7.39. The third kappa shape index (κ3) is 5.46. The Labute approximate surface area is 230 Å². The van der Waals surface area contributed by atoms with E-state index in [0.717, 1.165) is 48.4 Å². The van der Waals surface area contributed by atoms with E-state index in [1.165, 1.54) is 27.1 Å². The van der Waals surface area contributed by atoms with Gasteiger partial charge in [-0.2, -0.15) is 0 Å². The maximum absolute atomic E-state index is 12.4. The Hall–Kier alpha value is -3.25. The molecule has 38 heavy (non-hydrogen) atoms. The molecular weight excluding hydrogens is 490 g/mol. The lowest BCUT2D eigenvalue weighted by molar-refractivity contribution is 0.0205. The van der Waals surface area contributed by atoms with E-state index in [1.54, 1.807) is 11.8 Å². The number of benzene rings is 3. The highest BCUT2D eigenvalue weighted by Crippen LogP contribution is 2.34. The number of hydrogen-bond acceptors (Lipinski definition) is 4. The smallest absolute Gasteiger partial charge is 0.410 e. The first-order valence-electron chi connectivity index (χ1n) is 13.3. The van der Waals surface area contributed by atoms with E-state index in [9.17, 15) is 4.79 Å². The molecule has 5 nitrogen and oxygen atoms in total. The number of amides is 1. The highest BCUT2D eigenvalue weighted by molar-refractivity contribution is 7.98. The Kier molecular flexibility index (Phi) is 7.28. The average Bonchev–Trinajstić information content (AvgIpc) is 3.25. The standard InChI is InChI=1S/C32H37N3O2S/c1-21-19-26(20-28-29(21)33-30(34(28)5)25-11-13-27(38-6)14-12-25)23-9-7-22(8-10-23)24-15-17-35(18-16-24)31(36)37-32(2,3)4/h7-14,19-20,24H,15-18H2,1-6H3. The SMILES string of the molecule is CSc1ccc(-c2nc3c(C)cc(-c4ccc(C5CCN(C(=O)OC(C)(C)C)CC5)cc4)cc3n2C)cc1. The van der Waals surface area contributed by atoms with Crippen LogP contribution in [-0.2, 0) is 11.8 Å². The third-order valence-corrected chi connectivity index (χ3v) is 8.13. The van der Waals surface area contributed by atoms with Gasteiger partial charge in [0.05, 0.1) is 11.0 Å². The van der Waals surface area contributed by atoms with E-state index in [1.807, 2.05) is 25.7 Å². The molecule has 0 N–H and O–H groups in total. The van der Waals surface area contributed by atoms with Crippen LogP contribution >= 0.6 is 11.8 Å². The first-order chi connectivity index (χ1) is 18.1. The summed E-state index contributed by atoms with van der Waals surface area (Å²) in [7, 11) is 2.10. The van der Waals surface area contributed by atoms with Crippen molar-refractivity contribution < 1.29 is 9.53 Å². The van der Waals surface area contributed by atoms with Crippen molar-refractivity contribution in [2.45, 2.75) is 57.0 Å². The number of likely N-dealkylation sites (tertiary alicyclic amines) is 1. The molecule has 0 bridgehead atoms. The summed E-state index contributed by atoms with van der Waals surface area (Å²) in [5, 5.41) is 0. The summed E-state index contributed by atoms with van der Waals surface area (Å²) in [6.45, 7) is 9.36. The molecule has 0 radical (unpaired) electrons. The Morgan fingerprint density at radius 3 is 2.18 bits per heavy atom. The van der Waals surface area contributed by atoms with E-state index in [4.69, 9.17) is 9.72 Å². The van der Waals surface area contributed by atoms with Gasteiger partial charge in [-0.15, -0.1) is 11.8 Å². The second-order valence-corrected chi connectivity index (χ2v) is 12.1. The van der Waals surface area contributed by atoms with Crippen LogP contribution in [0.25, 0.3) is 33.5 Å². The van der Waals surface area contributed by atoms with Crippen LogP contribution in [0.5, 0.6) is 0 Å². The van der Waals surface area contributed by atoms with Gasteiger partial charge in [-0.3, -0.25) is 0 Å². The number of rotatable bonds is 4. The van der Waals surface area contributed by atoms with Gasteiger partial charge in [0.2, 0.25) is 0 Å². The lowest BCUT2D eigenvalue weighted by Crippen LogP contribution is -2.41. The maximum atomic E-state index is 12.4. The van der Waals surface area contributed by atoms with E-state index >= 15 is 0 Å². The lowest BCUT2D eigenvalue weighted by atomic mass is 9.88. The van der Waals surface area contributed by atoms with Gasteiger partial charge in [-0.1, -0.05) is 36.4 Å². The first-order valence-corrected chi connectivity index (χ1v) is 14.5. The van der Waals surface area contributed by atoms with Gasteiger partial charge < -0.3 is 14.2 Å². The minimum absolute atomic E-state index is 0.202. The lowest BCUT2D eigenvalue weighted by Gasteiger charge is -2.33. The fraction of sp³-hybridized carbons (Fsp3) is 0.375. The summed E-state index contributed by atoms with van der Waals surface area (Å²) in [6.07, 6.45) is 3.81. The Bertz CT molecular complexity index is 1440. The minimum Gasteiger partial charge on any atom is -0.444 e. The van der Waals surface area contributed by atoms with Gasteiger partial charge in [0, 0.05) is 30.6 Å². The number of piperidine rings is 1. The van der Waals surface area contributed by atoms with E-state index in [2.05, 4.69) is 85.5 Å². The molecule has 0 aliphatic carbocycles. The van der Waals surface area contributed by atoms with Crippen LogP contribution < -0.4 is 0 Å². The second-order valence-electron chi connectivity index (χ2n) is 11.2. The van der Waals surface area contributed by atoms with Crippen LogP contribution in [0, 0.1) is 6.92 Å². The number of aromatic nitrogens is 2. The minimum atomic E-state index is -0.457. The van der Waals surface area contributed by atoms with Gasteiger partial charge in [-0.05, 0) is 99.2 Å². The number of nitrogens with zero attached hydrogens (tertiary/aromatic N) is 3. The monoisotopic (exact) mass is 527 g/mol. The fourth-order valence-electron chi connectivity index (χ4n) is 5.29. The summed E-state index contributed by atoms with van der Waals surface area (Å²) in [4.78, 5) is 20.5. The Morgan fingerprint density at radius 1 is 0.947 bits per heavy atom. The van der Waals surface area contributed by atoms with Crippen molar-refractivity contribution in [1.29, 1.82) is 0 Å². The van der Waals surface area contributed by atoms with Gasteiger partial charge in [0.25, 0.3) is 0 Å². The highest BCUT2D eigenvalue weighted by Gasteiger charge is 2.27. The molecule has 1 aliphatic rings. The van der Waals surface area contributed by atoms with Crippen LogP contribution in [-0.4, -0.2) is 45.5 Å². The molecule has 0 unspecified atom stereocenters. The number of hydrogen-bond donors (Lipinski definition) is 0. The molecule has 0 spiro atoms. The van der Waals surface area contributed by atoms with Crippen molar-refractivity contribution in [3.05, 3.63) is 71.8 Å². The number of fused-ring (bicyclic) bond motifs is 1. The quantitative estimate of drug-likeness (QED) is 0.252. The zero-order valence-corrected chi connectivity index (χ0v) is 24.1. The number of carbonyl (C=O) groups excluding carboxylic acids is 1. The highest BCUT2D eigenvalue weighted by atomic mass is 32.2. The number of aryl methyl sites for hydroxylation is 2. The van der Waals surface area contributed by atoms with Crippen LogP contribution in [0.15, 0.2) is 65.6 Å². The Balaban J connectivity index is 1.33. The number of carbonyl (C=O) groups is 1. The molecule has 0 saturated carbocycles. The van der Waals surface area contributed by atoms with Crippen molar-refractivity contribution >= 4 is 28.9 Å². The van der Waals surface area contributed by atoms with Crippen molar-refractivity contribution in [2.24, 2.45) is 7.05 Å². The van der Waals surface area contributed by atoms with E-state index in [-0.39, 0.29) is 6.09 Å². The van der Waals surface area contributed by atoms with Crippen LogP contribution in [0.2, 0.25) is 0 Å². The maximum Gasteiger partial charge on any atom is 0.410 e. The molecule has 1 amide bonds. The normalized spacial score (nSPS) is 14.7. The summed E-state index contributed by atoms with van der Waals surface area (Å²) < 4.78 is 7.75. The molecule has 6 heteroatoms. The number of thioether (sulfide) groups is 1. The fourth-order valence-corrected chi connectivity index (χ4v) is 5.70. The zero-order chi connectivity index (χ0) is 27.0. The molecule has 1 aromatic heterocycles. The van der Waals surface area contributed by atoms with Gasteiger partial charge >= 0.3 is 6.09 Å². The largest absolute Gasteiger partial charge is 0.444 e. The van der Waals surface area contributed by atoms with Crippen LogP contribution in [0.3, 0.4) is 0 Å². The molecule has 2 heterocycles.